The first-order valence-electron chi connectivity index (χ1n) is 4.15. The van der Waals surface area contributed by atoms with Crippen molar-refractivity contribution >= 4 is 23.2 Å². The Balaban J connectivity index is 2.37. The third-order valence-corrected chi connectivity index (χ3v) is 2.86. The molecule has 1 saturated heterocycles. The van der Waals surface area contributed by atoms with Gasteiger partial charge < -0.3 is 5.32 Å². The molecule has 1 aliphatic heterocycles. The number of hydrogen-bond acceptors (Lipinski definition) is 3. The summed E-state index contributed by atoms with van der Waals surface area (Å²) in [7, 11) is 0. The molecule has 1 unspecified atom stereocenters. The van der Waals surface area contributed by atoms with Crippen molar-refractivity contribution < 1.29 is 0 Å². The van der Waals surface area contributed by atoms with Crippen molar-refractivity contribution in [2.75, 3.05) is 13.1 Å². The maximum atomic E-state index is 5.95. The molecule has 1 N–H and O–H groups in total. The van der Waals surface area contributed by atoms with E-state index in [1.807, 2.05) is 0 Å². The Labute approximate surface area is 86.5 Å². The highest BCUT2D eigenvalue weighted by molar-refractivity contribution is 6.34. The summed E-state index contributed by atoms with van der Waals surface area (Å²) < 4.78 is 0. The van der Waals surface area contributed by atoms with Crippen LogP contribution in [0.3, 0.4) is 0 Å². The summed E-state index contributed by atoms with van der Waals surface area (Å²) in [6.07, 6.45) is 2.43. The molecule has 0 bridgehead atoms. The molecule has 0 aliphatic carbocycles. The van der Waals surface area contributed by atoms with E-state index in [4.69, 9.17) is 23.2 Å². The highest BCUT2D eigenvalue weighted by Gasteiger charge is 2.22. The molecule has 1 fully saturated rings. The summed E-state index contributed by atoms with van der Waals surface area (Å²) in [4.78, 5) is 7.85. The Kier molecular flexibility index (Phi) is 2.67. The van der Waals surface area contributed by atoms with Gasteiger partial charge >= 0.3 is 0 Å². The summed E-state index contributed by atoms with van der Waals surface area (Å²) in [6.45, 7) is 1.92. The van der Waals surface area contributed by atoms with Crippen LogP contribution in [0.15, 0.2) is 6.33 Å². The smallest absolute Gasteiger partial charge is 0.137 e. The Bertz CT molecular complexity index is 290. The molecule has 1 aliphatic rings. The fourth-order valence-electron chi connectivity index (χ4n) is 1.59. The van der Waals surface area contributed by atoms with Gasteiger partial charge in [-0.1, -0.05) is 23.2 Å². The first-order valence-corrected chi connectivity index (χ1v) is 4.91. The summed E-state index contributed by atoms with van der Waals surface area (Å²) in [6, 6.07) is 0. The molecule has 0 amide bonds. The molecule has 2 heterocycles. The number of hydrogen-bond donors (Lipinski definition) is 1. The van der Waals surface area contributed by atoms with E-state index in [-0.39, 0.29) is 0 Å². The maximum absolute atomic E-state index is 5.95. The van der Waals surface area contributed by atoms with E-state index in [2.05, 4.69) is 15.3 Å². The van der Waals surface area contributed by atoms with Crippen molar-refractivity contribution in [3.63, 3.8) is 0 Å². The zero-order chi connectivity index (χ0) is 9.26. The van der Waals surface area contributed by atoms with Gasteiger partial charge in [0.1, 0.15) is 16.6 Å². The van der Waals surface area contributed by atoms with Gasteiger partial charge in [-0.15, -0.1) is 0 Å². The molecule has 5 heteroatoms. The fourth-order valence-corrected chi connectivity index (χ4v) is 2.22. The van der Waals surface area contributed by atoms with Crippen LogP contribution in [0.2, 0.25) is 10.3 Å². The topological polar surface area (TPSA) is 37.8 Å². The van der Waals surface area contributed by atoms with Crippen molar-refractivity contribution in [2.24, 2.45) is 0 Å². The maximum Gasteiger partial charge on any atom is 0.137 e. The summed E-state index contributed by atoms with van der Waals surface area (Å²) in [5.41, 5.74) is 0.885. The molecule has 0 aromatic carbocycles. The number of nitrogens with one attached hydrogen (secondary N) is 1. The molecule has 70 valence electrons. The van der Waals surface area contributed by atoms with Crippen LogP contribution >= 0.6 is 23.2 Å². The lowest BCUT2D eigenvalue weighted by molar-refractivity contribution is 0.753. The van der Waals surface area contributed by atoms with E-state index in [1.54, 1.807) is 0 Å². The SMILES string of the molecule is Clc1ncnc(Cl)c1C1CCNC1. The molecular formula is C8H9Cl2N3. The Morgan fingerprint density at radius 2 is 2.00 bits per heavy atom. The van der Waals surface area contributed by atoms with Gasteiger partial charge in [0.25, 0.3) is 0 Å². The van der Waals surface area contributed by atoms with Crippen LogP contribution in [0.25, 0.3) is 0 Å². The van der Waals surface area contributed by atoms with Gasteiger partial charge in [0.2, 0.25) is 0 Å². The van der Waals surface area contributed by atoms with Gasteiger partial charge in [0, 0.05) is 18.0 Å². The molecule has 1 atom stereocenters. The quantitative estimate of drug-likeness (QED) is 0.731. The van der Waals surface area contributed by atoms with E-state index < -0.39 is 0 Å². The normalized spacial score (nSPS) is 22.2. The van der Waals surface area contributed by atoms with Gasteiger partial charge in [0.15, 0.2) is 0 Å². The zero-order valence-electron chi connectivity index (χ0n) is 6.93. The van der Waals surface area contributed by atoms with Crippen molar-refractivity contribution in [1.29, 1.82) is 0 Å². The fraction of sp³-hybridized carbons (Fsp3) is 0.500. The molecule has 0 saturated carbocycles. The molecule has 1 aromatic heterocycles. The highest BCUT2D eigenvalue weighted by Crippen LogP contribution is 2.31. The Hall–Kier alpha value is -0.380. The highest BCUT2D eigenvalue weighted by atomic mass is 35.5. The Morgan fingerprint density at radius 3 is 2.54 bits per heavy atom. The molecule has 1 aromatic rings. The van der Waals surface area contributed by atoms with Gasteiger partial charge in [0.05, 0.1) is 0 Å². The predicted octanol–water partition coefficient (Wildman–Crippen LogP) is 1.86. The molecular weight excluding hydrogens is 209 g/mol. The van der Waals surface area contributed by atoms with Crippen LogP contribution in [0, 0.1) is 0 Å². The second-order valence-electron chi connectivity index (χ2n) is 3.06. The van der Waals surface area contributed by atoms with Crippen LogP contribution < -0.4 is 5.32 Å². The lowest BCUT2D eigenvalue weighted by atomic mass is 10.0. The van der Waals surface area contributed by atoms with Crippen LogP contribution in [-0.4, -0.2) is 23.1 Å². The number of halogens is 2. The van der Waals surface area contributed by atoms with E-state index in [9.17, 15) is 0 Å². The minimum absolute atomic E-state index is 0.362. The van der Waals surface area contributed by atoms with Crippen LogP contribution in [0.4, 0.5) is 0 Å². The number of rotatable bonds is 1. The summed E-state index contributed by atoms with van der Waals surface area (Å²) >= 11 is 11.9. The Morgan fingerprint density at radius 1 is 1.31 bits per heavy atom. The van der Waals surface area contributed by atoms with E-state index in [0.29, 0.717) is 16.2 Å². The van der Waals surface area contributed by atoms with Gasteiger partial charge in [-0.3, -0.25) is 0 Å². The predicted molar refractivity (Wildman–Crippen MR) is 52.3 cm³/mol. The lowest BCUT2D eigenvalue weighted by Crippen LogP contribution is -2.09. The van der Waals surface area contributed by atoms with Crippen molar-refractivity contribution in [2.45, 2.75) is 12.3 Å². The van der Waals surface area contributed by atoms with E-state index in [0.717, 1.165) is 25.1 Å². The van der Waals surface area contributed by atoms with Crippen molar-refractivity contribution in [3.8, 4) is 0 Å². The average Bonchev–Trinajstić information content (AvgIpc) is 2.57. The third kappa shape index (κ3) is 1.77. The molecule has 0 radical (unpaired) electrons. The largest absolute Gasteiger partial charge is 0.316 e. The van der Waals surface area contributed by atoms with Crippen molar-refractivity contribution in [3.05, 3.63) is 22.2 Å². The van der Waals surface area contributed by atoms with Gasteiger partial charge in [-0.05, 0) is 13.0 Å². The minimum Gasteiger partial charge on any atom is -0.316 e. The molecule has 0 spiro atoms. The first kappa shape index (κ1) is 9.19. The molecule has 3 nitrogen and oxygen atoms in total. The minimum atomic E-state index is 0.362. The van der Waals surface area contributed by atoms with E-state index >= 15 is 0 Å². The number of aromatic nitrogens is 2. The third-order valence-electron chi connectivity index (χ3n) is 2.26. The second-order valence-corrected chi connectivity index (χ2v) is 3.77. The standard InChI is InChI=1S/C8H9Cl2N3/c9-7-6(5-1-2-11-3-5)8(10)13-4-12-7/h4-5,11H,1-3H2. The van der Waals surface area contributed by atoms with Crippen LogP contribution in [0.5, 0.6) is 0 Å². The van der Waals surface area contributed by atoms with Crippen LogP contribution in [-0.2, 0) is 0 Å². The number of nitrogens with zero attached hydrogens (tertiary/aromatic N) is 2. The molecule has 2 rings (SSSR count). The van der Waals surface area contributed by atoms with E-state index in [1.165, 1.54) is 6.33 Å². The van der Waals surface area contributed by atoms with Crippen LogP contribution in [0.1, 0.15) is 17.9 Å². The monoisotopic (exact) mass is 217 g/mol. The van der Waals surface area contributed by atoms with Gasteiger partial charge in [-0.25, -0.2) is 9.97 Å². The molecule has 13 heavy (non-hydrogen) atoms. The summed E-state index contributed by atoms with van der Waals surface area (Å²) in [5.74, 6) is 0.362. The van der Waals surface area contributed by atoms with Crippen molar-refractivity contribution in [1.82, 2.24) is 15.3 Å². The average molecular weight is 218 g/mol. The summed E-state index contributed by atoms with van der Waals surface area (Å²) in [5, 5.41) is 4.21. The zero-order valence-corrected chi connectivity index (χ0v) is 8.44. The van der Waals surface area contributed by atoms with Gasteiger partial charge in [-0.2, -0.15) is 0 Å². The first-order chi connectivity index (χ1) is 6.29. The lowest BCUT2D eigenvalue weighted by Gasteiger charge is -2.10. The second kappa shape index (κ2) is 3.78.